The molecule has 8 heteroatoms. The fraction of sp³-hybridized carbons (Fsp3) is 0.333. The predicted octanol–water partition coefficient (Wildman–Crippen LogP) is 3.23. The maximum absolute atomic E-state index is 12.8. The molecule has 124 valence electrons. The van der Waals surface area contributed by atoms with Gasteiger partial charge in [-0.2, -0.15) is 18.3 Å². The normalized spacial score (nSPS) is 13.0. The van der Waals surface area contributed by atoms with Crippen LogP contribution < -0.4 is 5.32 Å². The average Bonchev–Trinajstić information content (AvgIpc) is 2.87. The molecule has 23 heavy (non-hydrogen) atoms. The zero-order valence-corrected chi connectivity index (χ0v) is 12.5. The molecule has 0 radical (unpaired) electrons. The van der Waals surface area contributed by atoms with Gasteiger partial charge in [0.15, 0.2) is 5.69 Å². The average molecular weight is 329 g/mol. The second-order valence-electron chi connectivity index (χ2n) is 5.13. The van der Waals surface area contributed by atoms with Gasteiger partial charge in [0.2, 0.25) is 5.91 Å². The first kappa shape index (κ1) is 17.0. The van der Waals surface area contributed by atoms with E-state index in [0.29, 0.717) is 5.56 Å². The molecule has 0 spiro atoms. The van der Waals surface area contributed by atoms with E-state index in [1.165, 1.54) is 38.1 Å². The topological polar surface area (TPSA) is 46.9 Å². The molecule has 2 aromatic rings. The van der Waals surface area contributed by atoms with Gasteiger partial charge in [-0.25, -0.2) is 4.39 Å². The molecule has 0 saturated carbocycles. The molecule has 1 heterocycles. The zero-order chi connectivity index (χ0) is 17.2. The lowest BCUT2D eigenvalue weighted by Gasteiger charge is -2.14. The highest BCUT2D eigenvalue weighted by atomic mass is 19.4. The fourth-order valence-electron chi connectivity index (χ4n) is 2.07. The Balaban J connectivity index is 2.05. The molecule has 1 N–H and O–H groups in total. The van der Waals surface area contributed by atoms with Crippen LogP contribution in [0.1, 0.15) is 29.9 Å². The highest BCUT2D eigenvalue weighted by molar-refractivity contribution is 5.79. The van der Waals surface area contributed by atoms with Crippen LogP contribution in [0, 0.1) is 12.7 Å². The summed E-state index contributed by atoms with van der Waals surface area (Å²) in [6.45, 7) is 3.06. The number of hydrogen-bond acceptors (Lipinski definition) is 2. The van der Waals surface area contributed by atoms with Gasteiger partial charge in [-0.15, -0.1) is 0 Å². The van der Waals surface area contributed by atoms with Crippen LogP contribution in [0.4, 0.5) is 17.6 Å². The molecule has 0 aliphatic heterocycles. The number of halogens is 4. The van der Waals surface area contributed by atoms with Gasteiger partial charge in [0, 0.05) is 12.2 Å². The number of rotatable bonds is 4. The lowest BCUT2D eigenvalue weighted by molar-refractivity contribution is -0.142. The first-order valence-corrected chi connectivity index (χ1v) is 6.84. The van der Waals surface area contributed by atoms with Gasteiger partial charge in [-0.3, -0.25) is 9.48 Å². The van der Waals surface area contributed by atoms with Gasteiger partial charge in [0.25, 0.3) is 0 Å². The number of nitrogens with one attached hydrogen (secondary N) is 1. The lowest BCUT2D eigenvalue weighted by Crippen LogP contribution is -2.31. The van der Waals surface area contributed by atoms with Crippen molar-refractivity contribution in [2.45, 2.75) is 32.6 Å². The van der Waals surface area contributed by atoms with Crippen LogP contribution in [0.3, 0.4) is 0 Å². The summed E-state index contributed by atoms with van der Waals surface area (Å²) in [5, 5.41) is 6.04. The number of hydrogen-bond donors (Lipinski definition) is 1. The van der Waals surface area contributed by atoms with E-state index in [2.05, 4.69) is 10.4 Å². The molecular weight excluding hydrogens is 314 g/mol. The second-order valence-corrected chi connectivity index (χ2v) is 5.13. The summed E-state index contributed by atoms with van der Waals surface area (Å²) in [6.07, 6.45) is -4.56. The molecule has 0 aliphatic rings. The number of benzene rings is 1. The summed E-state index contributed by atoms with van der Waals surface area (Å²) in [4.78, 5) is 12.1. The summed E-state index contributed by atoms with van der Waals surface area (Å²) in [7, 11) is 0. The molecule has 1 aromatic carbocycles. The van der Waals surface area contributed by atoms with Crippen molar-refractivity contribution in [2.24, 2.45) is 0 Å². The SMILES string of the molecule is Cc1cc(C(F)(F)F)nn1[C@@H](C)C(=O)NCc1ccc(F)cc1. The minimum atomic E-state index is -4.56. The quantitative estimate of drug-likeness (QED) is 0.876. The fourth-order valence-corrected chi connectivity index (χ4v) is 2.07. The third-order valence-electron chi connectivity index (χ3n) is 3.34. The molecule has 0 unspecified atom stereocenters. The number of aryl methyl sites for hydroxylation is 1. The monoisotopic (exact) mass is 329 g/mol. The van der Waals surface area contributed by atoms with Crippen molar-refractivity contribution in [2.75, 3.05) is 0 Å². The van der Waals surface area contributed by atoms with E-state index in [1.54, 1.807) is 0 Å². The molecule has 1 atom stereocenters. The number of carbonyl (C=O) groups excluding carboxylic acids is 1. The van der Waals surface area contributed by atoms with Crippen molar-refractivity contribution >= 4 is 5.91 Å². The Kier molecular flexibility index (Phi) is 4.72. The first-order chi connectivity index (χ1) is 10.7. The van der Waals surface area contributed by atoms with Crippen LogP contribution in [-0.4, -0.2) is 15.7 Å². The summed E-state index contributed by atoms with van der Waals surface area (Å²) < 4.78 is 51.7. The van der Waals surface area contributed by atoms with E-state index >= 15 is 0 Å². The minimum Gasteiger partial charge on any atom is -0.350 e. The number of alkyl halides is 3. The van der Waals surface area contributed by atoms with E-state index < -0.39 is 23.8 Å². The summed E-state index contributed by atoms with van der Waals surface area (Å²) in [5.74, 6) is -0.866. The van der Waals surface area contributed by atoms with E-state index in [0.717, 1.165) is 10.7 Å². The van der Waals surface area contributed by atoms with Crippen molar-refractivity contribution in [1.82, 2.24) is 15.1 Å². The van der Waals surface area contributed by atoms with Gasteiger partial charge >= 0.3 is 6.18 Å². The van der Waals surface area contributed by atoms with Gasteiger partial charge in [0.1, 0.15) is 11.9 Å². The summed E-state index contributed by atoms with van der Waals surface area (Å²) >= 11 is 0. The largest absolute Gasteiger partial charge is 0.435 e. The Morgan fingerprint density at radius 2 is 1.91 bits per heavy atom. The van der Waals surface area contributed by atoms with Crippen molar-refractivity contribution in [3.63, 3.8) is 0 Å². The summed E-state index contributed by atoms with van der Waals surface area (Å²) in [5.41, 5.74) is -0.116. The molecular formula is C15H15F4N3O. The van der Waals surface area contributed by atoms with Crippen LogP contribution in [0.2, 0.25) is 0 Å². The zero-order valence-electron chi connectivity index (χ0n) is 12.5. The number of aromatic nitrogens is 2. The number of carbonyl (C=O) groups is 1. The Morgan fingerprint density at radius 1 is 1.30 bits per heavy atom. The van der Waals surface area contributed by atoms with Gasteiger partial charge in [-0.05, 0) is 37.6 Å². The van der Waals surface area contributed by atoms with Gasteiger partial charge < -0.3 is 5.32 Å². The third-order valence-corrected chi connectivity index (χ3v) is 3.34. The van der Waals surface area contributed by atoms with Crippen LogP contribution in [0.5, 0.6) is 0 Å². The third kappa shape index (κ3) is 4.08. The van der Waals surface area contributed by atoms with Crippen LogP contribution in [0.25, 0.3) is 0 Å². The molecule has 1 aromatic heterocycles. The highest BCUT2D eigenvalue weighted by Crippen LogP contribution is 2.29. The molecule has 0 aliphatic carbocycles. The van der Waals surface area contributed by atoms with Gasteiger partial charge in [-0.1, -0.05) is 12.1 Å². The standard InChI is InChI=1S/C15H15F4N3O/c1-9-7-13(15(17,18)19)21-22(9)10(2)14(23)20-8-11-3-5-12(16)6-4-11/h3-7,10H,8H2,1-2H3,(H,20,23)/t10-/m0/s1. The van der Waals surface area contributed by atoms with Gasteiger partial charge in [0.05, 0.1) is 0 Å². The first-order valence-electron chi connectivity index (χ1n) is 6.84. The molecule has 0 fully saturated rings. The van der Waals surface area contributed by atoms with E-state index in [4.69, 9.17) is 0 Å². The van der Waals surface area contributed by atoms with Crippen molar-refractivity contribution in [3.05, 3.63) is 53.1 Å². The number of nitrogens with zero attached hydrogens (tertiary/aromatic N) is 2. The van der Waals surface area contributed by atoms with Crippen LogP contribution >= 0.6 is 0 Å². The van der Waals surface area contributed by atoms with Crippen molar-refractivity contribution in [3.8, 4) is 0 Å². The molecule has 0 bridgehead atoms. The van der Waals surface area contributed by atoms with E-state index in [-0.39, 0.29) is 18.1 Å². The van der Waals surface area contributed by atoms with Crippen molar-refractivity contribution in [1.29, 1.82) is 0 Å². The lowest BCUT2D eigenvalue weighted by atomic mass is 10.2. The number of amides is 1. The molecule has 0 saturated heterocycles. The Bertz CT molecular complexity index is 692. The minimum absolute atomic E-state index is 0.149. The Hall–Kier alpha value is -2.38. The second kappa shape index (κ2) is 6.39. The maximum atomic E-state index is 12.8. The highest BCUT2D eigenvalue weighted by Gasteiger charge is 2.35. The Labute approximate surface area is 130 Å². The smallest absolute Gasteiger partial charge is 0.350 e. The maximum Gasteiger partial charge on any atom is 0.435 e. The Morgan fingerprint density at radius 3 is 2.43 bits per heavy atom. The molecule has 1 amide bonds. The van der Waals surface area contributed by atoms with Crippen molar-refractivity contribution < 1.29 is 22.4 Å². The predicted molar refractivity (Wildman–Crippen MR) is 74.9 cm³/mol. The summed E-state index contributed by atoms with van der Waals surface area (Å²) in [6, 6.07) is 5.55. The molecule has 4 nitrogen and oxygen atoms in total. The van der Waals surface area contributed by atoms with Crippen LogP contribution in [0.15, 0.2) is 30.3 Å². The van der Waals surface area contributed by atoms with Crippen LogP contribution in [-0.2, 0) is 17.5 Å². The molecule has 2 rings (SSSR count). The van der Waals surface area contributed by atoms with E-state index in [9.17, 15) is 22.4 Å². The van der Waals surface area contributed by atoms with E-state index in [1.807, 2.05) is 0 Å².